The minimum absolute atomic E-state index is 0.428. The Bertz CT molecular complexity index is 539. The lowest BCUT2D eigenvalue weighted by Crippen LogP contribution is -2.32. The van der Waals surface area contributed by atoms with Gasteiger partial charge in [0.1, 0.15) is 5.60 Å². The van der Waals surface area contributed by atoms with Gasteiger partial charge in [0.05, 0.1) is 0 Å². The summed E-state index contributed by atoms with van der Waals surface area (Å²) in [4.78, 5) is 11.4. The van der Waals surface area contributed by atoms with E-state index < -0.39 is 11.7 Å². The van der Waals surface area contributed by atoms with Crippen LogP contribution in [0.1, 0.15) is 32.8 Å². The van der Waals surface area contributed by atoms with E-state index in [1.54, 1.807) is 0 Å². The summed E-state index contributed by atoms with van der Waals surface area (Å²) in [7, 11) is 0. The van der Waals surface area contributed by atoms with Gasteiger partial charge >= 0.3 is 6.09 Å². The van der Waals surface area contributed by atoms with Crippen LogP contribution in [0.15, 0.2) is 22.7 Å². The van der Waals surface area contributed by atoms with Crippen molar-refractivity contribution in [2.75, 3.05) is 12.3 Å². The second kappa shape index (κ2) is 7.20. The van der Waals surface area contributed by atoms with Crippen molar-refractivity contribution in [1.29, 1.82) is 0 Å². The molecule has 0 unspecified atom stereocenters. The number of nitrogens with one attached hydrogen (secondary N) is 1. The Morgan fingerprint density at radius 2 is 2.15 bits per heavy atom. The molecule has 0 aliphatic heterocycles. The molecule has 1 rings (SSSR count). The number of hydrogen-bond donors (Lipinski definition) is 2. The van der Waals surface area contributed by atoms with E-state index in [-0.39, 0.29) is 0 Å². The van der Waals surface area contributed by atoms with Gasteiger partial charge in [0.25, 0.3) is 0 Å². The summed E-state index contributed by atoms with van der Waals surface area (Å²) in [6, 6.07) is 5.55. The van der Waals surface area contributed by atoms with Gasteiger partial charge in [-0.25, -0.2) is 4.79 Å². The van der Waals surface area contributed by atoms with E-state index in [0.29, 0.717) is 18.7 Å². The number of carbonyl (C=O) groups excluding carboxylic acids is 1. The van der Waals surface area contributed by atoms with Crippen LogP contribution < -0.4 is 11.1 Å². The molecule has 1 aromatic carbocycles. The van der Waals surface area contributed by atoms with Crippen LogP contribution in [0.4, 0.5) is 10.5 Å². The van der Waals surface area contributed by atoms with Gasteiger partial charge in [0.2, 0.25) is 0 Å². The van der Waals surface area contributed by atoms with Crippen molar-refractivity contribution >= 4 is 27.7 Å². The molecule has 3 N–H and O–H groups in total. The number of halogens is 1. The third-order valence-electron chi connectivity index (χ3n) is 2.15. The fourth-order valence-electron chi connectivity index (χ4n) is 1.35. The number of carbonyl (C=O) groups is 1. The second-order valence-electron chi connectivity index (χ2n) is 5.21. The van der Waals surface area contributed by atoms with Gasteiger partial charge in [0, 0.05) is 28.7 Å². The minimum Gasteiger partial charge on any atom is -0.444 e. The molecule has 20 heavy (non-hydrogen) atoms. The highest BCUT2D eigenvalue weighted by atomic mass is 79.9. The molecule has 1 aromatic rings. The van der Waals surface area contributed by atoms with Crippen LogP contribution in [-0.4, -0.2) is 18.2 Å². The van der Waals surface area contributed by atoms with Crippen molar-refractivity contribution in [1.82, 2.24) is 5.32 Å². The summed E-state index contributed by atoms with van der Waals surface area (Å²) in [6.45, 7) is 5.91. The summed E-state index contributed by atoms with van der Waals surface area (Å²) in [6.07, 6.45) is 0.108. The Balaban J connectivity index is 2.38. The highest BCUT2D eigenvalue weighted by molar-refractivity contribution is 9.10. The Labute approximate surface area is 128 Å². The molecular weight excluding hydrogens is 320 g/mol. The van der Waals surface area contributed by atoms with Crippen molar-refractivity contribution in [3.05, 3.63) is 28.2 Å². The lowest BCUT2D eigenvalue weighted by Gasteiger charge is -2.19. The lowest BCUT2D eigenvalue weighted by atomic mass is 10.2. The third kappa shape index (κ3) is 6.48. The molecule has 0 saturated carbocycles. The topological polar surface area (TPSA) is 64.3 Å². The average molecular weight is 339 g/mol. The zero-order valence-electron chi connectivity index (χ0n) is 11.9. The van der Waals surface area contributed by atoms with Crippen molar-refractivity contribution in [3.63, 3.8) is 0 Å². The minimum atomic E-state index is -0.484. The zero-order valence-corrected chi connectivity index (χ0v) is 13.5. The van der Waals surface area contributed by atoms with Gasteiger partial charge in [-0.3, -0.25) is 0 Å². The molecule has 0 aliphatic rings. The monoisotopic (exact) mass is 338 g/mol. The Hall–Kier alpha value is -1.67. The van der Waals surface area contributed by atoms with E-state index in [1.165, 1.54) is 0 Å². The number of hydrogen-bond acceptors (Lipinski definition) is 3. The maximum absolute atomic E-state index is 11.4. The maximum atomic E-state index is 11.4. The van der Waals surface area contributed by atoms with E-state index in [2.05, 4.69) is 33.1 Å². The molecule has 0 aromatic heterocycles. The maximum Gasteiger partial charge on any atom is 0.407 e. The number of alkyl carbamates (subject to hydrolysis) is 1. The van der Waals surface area contributed by atoms with Crippen LogP contribution in [0.2, 0.25) is 0 Å². The summed E-state index contributed by atoms with van der Waals surface area (Å²) >= 11 is 3.34. The quantitative estimate of drug-likeness (QED) is 0.494. The van der Waals surface area contributed by atoms with Crippen molar-refractivity contribution in [3.8, 4) is 11.8 Å². The molecule has 108 valence electrons. The van der Waals surface area contributed by atoms with Gasteiger partial charge in [-0.15, -0.1) is 0 Å². The molecule has 0 heterocycles. The first-order chi connectivity index (χ1) is 9.28. The van der Waals surface area contributed by atoms with E-state index in [1.807, 2.05) is 39.0 Å². The second-order valence-corrected chi connectivity index (χ2v) is 6.13. The predicted molar refractivity (Wildman–Crippen MR) is 84.3 cm³/mol. The standard InChI is InChI=1S/C15H19BrN2O2/c1-15(2,3)20-14(19)18-9-5-4-6-11-7-8-12(16)10-13(11)17/h7-8,10H,5,9,17H2,1-3H3,(H,18,19). The number of nitrogen functional groups attached to an aromatic ring is 1. The Morgan fingerprint density at radius 3 is 2.75 bits per heavy atom. The highest BCUT2D eigenvalue weighted by Gasteiger charge is 2.15. The number of nitrogens with two attached hydrogens (primary N) is 1. The van der Waals surface area contributed by atoms with E-state index >= 15 is 0 Å². The molecule has 0 radical (unpaired) electrons. The first-order valence-electron chi connectivity index (χ1n) is 6.29. The predicted octanol–water partition coefficient (Wildman–Crippen LogP) is 3.30. The van der Waals surface area contributed by atoms with Gasteiger partial charge < -0.3 is 15.8 Å². The fraction of sp³-hybridized carbons (Fsp3) is 0.400. The fourth-order valence-corrected chi connectivity index (χ4v) is 1.73. The SMILES string of the molecule is CC(C)(C)OC(=O)NCCC#Cc1ccc(Br)cc1N. The number of rotatable bonds is 2. The lowest BCUT2D eigenvalue weighted by molar-refractivity contribution is 0.0529. The third-order valence-corrected chi connectivity index (χ3v) is 2.65. The van der Waals surface area contributed by atoms with Crippen molar-refractivity contribution < 1.29 is 9.53 Å². The average Bonchev–Trinajstić information content (AvgIpc) is 2.28. The van der Waals surface area contributed by atoms with Gasteiger partial charge in [0.15, 0.2) is 0 Å². The number of ether oxygens (including phenoxy) is 1. The highest BCUT2D eigenvalue weighted by Crippen LogP contribution is 2.17. The molecule has 0 fully saturated rings. The summed E-state index contributed by atoms with van der Waals surface area (Å²) in [5, 5.41) is 2.65. The molecule has 0 saturated heterocycles. The molecule has 1 amide bonds. The number of anilines is 1. The summed E-state index contributed by atoms with van der Waals surface area (Å²) in [5.41, 5.74) is 6.76. The number of amides is 1. The molecule has 0 spiro atoms. The molecular formula is C15H19BrN2O2. The molecule has 4 nitrogen and oxygen atoms in total. The van der Waals surface area contributed by atoms with Gasteiger partial charge in [-0.2, -0.15) is 0 Å². The van der Waals surface area contributed by atoms with Gasteiger partial charge in [-0.1, -0.05) is 27.8 Å². The van der Waals surface area contributed by atoms with E-state index in [9.17, 15) is 4.79 Å². The van der Waals surface area contributed by atoms with Crippen LogP contribution in [0.25, 0.3) is 0 Å². The summed E-state index contributed by atoms with van der Waals surface area (Å²) in [5.74, 6) is 5.94. The molecule has 0 bridgehead atoms. The van der Waals surface area contributed by atoms with Crippen LogP contribution in [-0.2, 0) is 4.74 Å². The molecule has 0 atom stereocenters. The first kappa shape index (κ1) is 16.4. The van der Waals surface area contributed by atoms with E-state index in [0.717, 1.165) is 10.0 Å². The first-order valence-corrected chi connectivity index (χ1v) is 7.08. The Kier molecular flexibility index (Phi) is 5.90. The van der Waals surface area contributed by atoms with E-state index in [4.69, 9.17) is 10.5 Å². The van der Waals surface area contributed by atoms with Crippen LogP contribution in [0.3, 0.4) is 0 Å². The zero-order chi connectivity index (χ0) is 15.2. The van der Waals surface area contributed by atoms with Gasteiger partial charge in [-0.05, 0) is 39.0 Å². The normalized spacial score (nSPS) is 10.4. The smallest absolute Gasteiger partial charge is 0.407 e. The number of benzene rings is 1. The molecule has 0 aliphatic carbocycles. The molecule has 5 heteroatoms. The van der Waals surface area contributed by atoms with Crippen LogP contribution in [0.5, 0.6) is 0 Å². The Morgan fingerprint density at radius 1 is 1.45 bits per heavy atom. The van der Waals surface area contributed by atoms with Crippen LogP contribution >= 0.6 is 15.9 Å². The van der Waals surface area contributed by atoms with Crippen molar-refractivity contribution in [2.45, 2.75) is 32.8 Å². The largest absolute Gasteiger partial charge is 0.444 e. The van der Waals surface area contributed by atoms with Crippen molar-refractivity contribution in [2.24, 2.45) is 0 Å². The van der Waals surface area contributed by atoms with Crippen LogP contribution in [0, 0.1) is 11.8 Å². The summed E-state index contributed by atoms with van der Waals surface area (Å²) < 4.78 is 6.03.